The third kappa shape index (κ3) is 5.04. The maximum Gasteiger partial charge on any atom is 0.269 e. The maximum atomic E-state index is 11.0. The topological polar surface area (TPSA) is 112 Å². The Morgan fingerprint density at radius 2 is 1.69 bits per heavy atom. The Morgan fingerprint density at radius 3 is 2.26 bits per heavy atom. The van der Waals surface area contributed by atoms with E-state index in [1.165, 1.54) is 0 Å². The molecule has 35 heavy (non-hydrogen) atoms. The number of anilines is 1. The van der Waals surface area contributed by atoms with Gasteiger partial charge in [-0.15, -0.1) is 5.10 Å². The van der Waals surface area contributed by atoms with E-state index in [0.717, 1.165) is 43.3 Å². The summed E-state index contributed by atoms with van der Waals surface area (Å²) in [5.74, 6) is 2.16. The summed E-state index contributed by atoms with van der Waals surface area (Å²) in [4.78, 5) is 15.2. The maximum absolute atomic E-state index is 11.0. The van der Waals surface area contributed by atoms with Gasteiger partial charge in [-0.3, -0.25) is 15.0 Å². The number of nitro groups is 1. The second-order valence-electron chi connectivity index (χ2n) is 9.43. The van der Waals surface area contributed by atoms with Crippen molar-refractivity contribution in [2.75, 3.05) is 45.3 Å². The van der Waals surface area contributed by atoms with Crippen molar-refractivity contribution in [3.8, 4) is 11.5 Å². The molecule has 0 radical (unpaired) electrons. The first-order chi connectivity index (χ1) is 16.7. The molecule has 2 heterocycles. The van der Waals surface area contributed by atoms with Crippen LogP contribution in [0.1, 0.15) is 38.2 Å². The van der Waals surface area contributed by atoms with Crippen LogP contribution < -0.4 is 14.4 Å². The average molecular weight is 482 g/mol. The van der Waals surface area contributed by atoms with Gasteiger partial charge in [-0.1, -0.05) is 0 Å². The highest BCUT2D eigenvalue weighted by Crippen LogP contribution is 2.38. The molecule has 4 rings (SSSR count). The number of aromatic nitrogens is 4. The molecule has 1 atom stereocenters. The van der Waals surface area contributed by atoms with Gasteiger partial charge in [0.1, 0.15) is 17.5 Å². The van der Waals surface area contributed by atoms with Crippen LogP contribution in [0.2, 0.25) is 0 Å². The zero-order valence-electron chi connectivity index (χ0n) is 20.7. The summed E-state index contributed by atoms with van der Waals surface area (Å²) in [6, 6.07) is 12.3. The van der Waals surface area contributed by atoms with Crippen molar-refractivity contribution in [3.05, 3.63) is 64.0 Å². The SMILES string of the molecule is COc1ccc([C@H](c2nnnn2C(C)(C)C)N2CCN(c3ccc([N+](=O)[O-])cc3)CC2)c(OC)c1. The van der Waals surface area contributed by atoms with Crippen LogP contribution in [-0.2, 0) is 5.54 Å². The highest BCUT2D eigenvalue weighted by atomic mass is 16.6. The first-order valence-electron chi connectivity index (χ1n) is 11.5. The molecular weight excluding hydrogens is 450 g/mol. The molecule has 3 aromatic rings. The summed E-state index contributed by atoms with van der Waals surface area (Å²) in [7, 11) is 3.28. The van der Waals surface area contributed by atoms with Gasteiger partial charge in [0.25, 0.3) is 5.69 Å². The van der Waals surface area contributed by atoms with E-state index in [2.05, 4.69) is 46.1 Å². The van der Waals surface area contributed by atoms with Crippen molar-refractivity contribution in [2.45, 2.75) is 32.4 Å². The number of nitro benzene ring substituents is 1. The number of ether oxygens (including phenoxy) is 2. The molecule has 0 saturated carbocycles. The van der Waals surface area contributed by atoms with Gasteiger partial charge in [-0.25, -0.2) is 4.68 Å². The monoisotopic (exact) mass is 481 g/mol. The van der Waals surface area contributed by atoms with Crippen molar-refractivity contribution in [2.24, 2.45) is 0 Å². The molecular formula is C24H31N7O4. The van der Waals surface area contributed by atoms with Crippen LogP contribution in [0, 0.1) is 10.1 Å². The second-order valence-corrected chi connectivity index (χ2v) is 9.43. The summed E-state index contributed by atoms with van der Waals surface area (Å²) in [6.45, 7) is 9.21. The van der Waals surface area contributed by atoms with Crippen molar-refractivity contribution in [3.63, 3.8) is 0 Å². The van der Waals surface area contributed by atoms with Crippen LogP contribution in [0.3, 0.4) is 0 Å². The van der Waals surface area contributed by atoms with Crippen LogP contribution in [-0.4, -0.2) is 70.4 Å². The fraction of sp³-hybridized carbons (Fsp3) is 0.458. The standard InChI is InChI=1S/C24H31N7O4/c1-24(2,3)30-23(25-26-27-30)22(20-11-10-19(34-4)16-21(20)35-5)29-14-12-28(13-15-29)17-6-8-18(9-7-17)31(32)33/h6-11,16,22H,12-15H2,1-5H3/t22-/m1/s1. The number of hydrogen-bond donors (Lipinski definition) is 0. The zero-order valence-corrected chi connectivity index (χ0v) is 20.7. The molecule has 0 unspecified atom stereocenters. The first kappa shape index (κ1) is 24.4. The minimum atomic E-state index is -0.381. The molecule has 11 nitrogen and oxygen atoms in total. The van der Waals surface area contributed by atoms with Gasteiger partial charge >= 0.3 is 0 Å². The van der Waals surface area contributed by atoms with Crippen LogP contribution in [0.25, 0.3) is 0 Å². The van der Waals surface area contributed by atoms with Crippen LogP contribution in [0.15, 0.2) is 42.5 Å². The molecule has 2 aromatic carbocycles. The van der Waals surface area contributed by atoms with Crippen molar-refractivity contribution < 1.29 is 14.4 Å². The first-order valence-corrected chi connectivity index (χ1v) is 11.5. The Labute approximate surface area is 204 Å². The molecule has 186 valence electrons. The van der Waals surface area contributed by atoms with E-state index >= 15 is 0 Å². The molecule has 1 saturated heterocycles. The number of nitrogens with zero attached hydrogens (tertiary/aromatic N) is 7. The largest absolute Gasteiger partial charge is 0.497 e. The predicted octanol–water partition coefficient (Wildman–Crippen LogP) is 3.27. The Hall–Kier alpha value is -3.73. The van der Waals surface area contributed by atoms with E-state index in [0.29, 0.717) is 11.5 Å². The second kappa shape index (κ2) is 9.87. The van der Waals surface area contributed by atoms with Crippen molar-refractivity contribution >= 4 is 11.4 Å². The van der Waals surface area contributed by atoms with Crippen LogP contribution >= 0.6 is 0 Å². The Kier molecular flexibility index (Phi) is 6.88. The van der Waals surface area contributed by atoms with Crippen LogP contribution in [0.4, 0.5) is 11.4 Å². The lowest BCUT2D eigenvalue weighted by atomic mass is 10.00. The zero-order chi connectivity index (χ0) is 25.2. The molecule has 0 aliphatic carbocycles. The number of tetrazole rings is 1. The summed E-state index contributed by atoms with van der Waals surface area (Å²) in [5.41, 5.74) is 1.70. The van der Waals surface area contributed by atoms with Gasteiger partial charge in [0.15, 0.2) is 5.82 Å². The fourth-order valence-corrected chi connectivity index (χ4v) is 4.41. The molecule has 1 aliphatic heterocycles. The quantitative estimate of drug-likeness (QED) is 0.371. The van der Waals surface area contributed by atoms with Gasteiger partial charge in [-0.05, 0) is 55.5 Å². The van der Waals surface area contributed by atoms with E-state index in [1.54, 1.807) is 38.5 Å². The van der Waals surface area contributed by atoms with Gasteiger partial charge in [0.05, 0.1) is 24.7 Å². The van der Waals surface area contributed by atoms with E-state index in [4.69, 9.17) is 9.47 Å². The van der Waals surface area contributed by atoms with Gasteiger partial charge in [0.2, 0.25) is 0 Å². The molecule has 0 N–H and O–H groups in total. The predicted molar refractivity (Wildman–Crippen MR) is 131 cm³/mol. The smallest absolute Gasteiger partial charge is 0.269 e. The number of piperazine rings is 1. The van der Waals surface area contributed by atoms with Crippen molar-refractivity contribution in [1.29, 1.82) is 0 Å². The lowest BCUT2D eigenvalue weighted by Gasteiger charge is -2.40. The number of methoxy groups -OCH3 is 2. The molecule has 0 spiro atoms. The molecule has 1 aliphatic rings. The minimum Gasteiger partial charge on any atom is -0.497 e. The third-order valence-electron chi connectivity index (χ3n) is 6.21. The molecule has 1 aromatic heterocycles. The van der Waals surface area contributed by atoms with Crippen molar-refractivity contribution in [1.82, 2.24) is 25.1 Å². The Balaban J connectivity index is 1.66. The lowest BCUT2D eigenvalue weighted by Crippen LogP contribution is -2.48. The number of rotatable bonds is 7. The van der Waals surface area contributed by atoms with Gasteiger partial charge in [0, 0.05) is 55.6 Å². The Morgan fingerprint density at radius 1 is 1.00 bits per heavy atom. The highest BCUT2D eigenvalue weighted by Gasteiger charge is 2.35. The summed E-state index contributed by atoms with van der Waals surface area (Å²) < 4.78 is 13.0. The van der Waals surface area contributed by atoms with E-state index in [9.17, 15) is 10.1 Å². The number of hydrogen-bond acceptors (Lipinski definition) is 9. The van der Waals surface area contributed by atoms with E-state index < -0.39 is 0 Å². The van der Waals surface area contributed by atoms with Gasteiger partial charge < -0.3 is 14.4 Å². The van der Waals surface area contributed by atoms with E-state index in [1.807, 2.05) is 22.9 Å². The third-order valence-corrected chi connectivity index (χ3v) is 6.21. The lowest BCUT2D eigenvalue weighted by molar-refractivity contribution is -0.384. The molecule has 0 bridgehead atoms. The highest BCUT2D eigenvalue weighted by molar-refractivity contribution is 5.51. The average Bonchev–Trinajstić information content (AvgIpc) is 3.35. The summed E-state index contributed by atoms with van der Waals surface area (Å²) in [6.07, 6.45) is 0. The minimum absolute atomic E-state index is 0.0908. The fourth-order valence-electron chi connectivity index (χ4n) is 4.41. The molecule has 11 heteroatoms. The van der Waals surface area contributed by atoms with E-state index in [-0.39, 0.29) is 22.2 Å². The number of benzene rings is 2. The summed E-state index contributed by atoms with van der Waals surface area (Å²) >= 11 is 0. The van der Waals surface area contributed by atoms with Crippen LogP contribution in [0.5, 0.6) is 11.5 Å². The normalized spacial score (nSPS) is 15.6. The molecule has 0 amide bonds. The Bertz CT molecular complexity index is 1170. The molecule has 1 fully saturated rings. The summed E-state index contributed by atoms with van der Waals surface area (Å²) in [5, 5.41) is 23.8. The van der Waals surface area contributed by atoms with Gasteiger partial charge in [-0.2, -0.15) is 0 Å². The number of non-ortho nitro benzene ring substituents is 1.